The number of Topliss-reactive ketones (excluding diaryl/α,β-unsaturated/α-hetero) is 1. The van der Waals surface area contributed by atoms with Crippen LogP contribution in [0, 0.1) is 5.41 Å². The number of hydrogen-bond acceptors (Lipinski definition) is 2. The van der Waals surface area contributed by atoms with Crippen LogP contribution in [-0.4, -0.2) is 12.8 Å². The minimum absolute atomic E-state index is 0.304. The minimum Gasteiger partial charge on any atom is -0.351 e. The lowest BCUT2D eigenvalue weighted by Crippen LogP contribution is -2.24. The Morgan fingerprint density at radius 1 is 1.00 bits per heavy atom. The Kier molecular flexibility index (Phi) is 6.86. The highest BCUT2D eigenvalue weighted by molar-refractivity contribution is 6.04. The first-order valence-corrected chi connectivity index (χ1v) is 10.4. The molecule has 3 rings (SSSR count). The topological polar surface area (TPSA) is 20.3 Å². The molecule has 0 aromatic heterocycles. The van der Waals surface area contributed by atoms with Gasteiger partial charge in [-0.1, -0.05) is 86.9 Å². The number of benzene rings is 2. The van der Waals surface area contributed by atoms with Gasteiger partial charge in [0.05, 0.1) is 5.41 Å². The second kappa shape index (κ2) is 9.54. The summed E-state index contributed by atoms with van der Waals surface area (Å²) in [4.78, 5) is 15.5. The van der Waals surface area contributed by atoms with Crippen molar-refractivity contribution in [1.82, 2.24) is 0 Å². The van der Waals surface area contributed by atoms with Gasteiger partial charge in [0.2, 0.25) is 0 Å². The monoisotopic (exact) mass is 373 g/mol. The maximum atomic E-state index is 13.5. The largest absolute Gasteiger partial charge is 0.351 e. The van der Waals surface area contributed by atoms with E-state index in [1.807, 2.05) is 49.6 Å². The van der Waals surface area contributed by atoms with E-state index in [4.69, 9.17) is 0 Å². The summed E-state index contributed by atoms with van der Waals surface area (Å²) in [7, 11) is 2.02. The Morgan fingerprint density at radius 3 is 2.36 bits per heavy atom. The Morgan fingerprint density at radius 2 is 1.68 bits per heavy atom. The van der Waals surface area contributed by atoms with Gasteiger partial charge in [-0.3, -0.25) is 4.79 Å². The number of anilines is 1. The van der Waals surface area contributed by atoms with Gasteiger partial charge in [-0.25, -0.2) is 0 Å². The van der Waals surface area contributed by atoms with Gasteiger partial charge in [0, 0.05) is 24.5 Å². The number of allylic oxidation sites excluding steroid dienone is 2. The molecule has 0 spiro atoms. The fourth-order valence-electron chi connectivity index (χ4n) is 3.99. The predicted octanol–water partition coefficient (Wildman–Crippen LogP) is 6.65. The fourth-order valence-corrected chi connectivity index (χ4v) is 3.99. The van der Waals surface area contributed by atoms with Gasteiger partial charge in [0.1, 0.15) is 0 Å². The summed E-state index contributed by atoms with van der Waals surface area (Å²) in [6.07, 6.45) is 12.5. The van der Waals surface area contributed by atoms with E-state index >= 15 is 0 Å². The van der Waals surface area contributed by atoms with Crippen LogP contribution in [-0.2, 0) is 4.79 Å². The molecular weight excluding hydrogens is 342 g/mol. The van der Waals surface area contributed by atoms with Crippen molar-refractivity contribution in [3.63, 3.8) is 0 Å². The van der Waals surface area contributed by atoms with E-state index in [0.29, 0.717) is 5.78 Å². The Labute approximate surface area is 169 Å². The summed E-state index contributed by atoms with van der Waals surface area (Å²) in [5, 5.41) is 0. The van der Waals surface area contributed by atoms with Crippen molar-refractivity contribution in [1.29, 1.82) is 0 Å². The zero-order valence-corrected chi connectivity index (χ0v) is 17.1. The van der Waals surface area contributed by atoms with E-state index in [1.54, 1.807) is 0 Å². The summed E-state index contributed by atoms with van der Waals surface area (Å²) in [5.74, 6) is 0.304. The highest BCUT2D eigenvalue weighted by atomic mass is 16.1. The first-order valence-electron chi connectivity index (χ1n) is 10.4. The number of nitrogens with zero attached hydrogens (tertiary/aromatic N) is 1. The molecule has 0 aliphatic heterocycles. The second-order valence-corrected chi connectivity index (χ2v) is 7.79. The van der Waals surface area contributed by atoms with Crippen molar-refractivity contribution in [3.05, 3.63) is 84.1 Å². The third kappa shape index (κ3) is 4.81. The lowest BCUT2D eigenvalue weighted by atomic mass is 9.79. The van der Waals surface area contributed by atoms with E-state index in [9.17, 15) is 4.79 Å². The van der Waals surface area contributed by atoms with Gasteiger partial charge in [-0.15, -0.1) is 0 Å². The van der Waals surface area contributed by atoms with Crippen molar-refractivity contribution in [2.45, 2.75) is 45.4 Å². The van der Waals surface area contributed by atoms with Gasteiger partial charge in [0.25, 0.3) is 0 Å². The standard InChI is InChI=1S/C26H31NO/c1-3-4-11-18-26(19-16-22-12-7-5-8-13-22)20-17-23(25(26)28)21-27(2)24-14-9-6-10-15-24/h5-10,12-16,19,21H,3-4,11,17-18,20H2,1-2H3. The summed E-state index contributed by atoms with van der Waals surface area (Å²) in [6.45, 7) is 2.21. The van der Waals surface area contributed by atoms with E-state index in [-0.39, 0.29) is 5.41 Å². The summed E-state index contributed by atoms with van der Waals surface area (Å²) < 4.78 is 0. The highest BCUT2D eigenvalue weighted by Crippen LogP contribution is 2.44. The molecule has 0 amide bonds. The second-order valence-electron chi connectivity index (χ2n) is 7.79. The van der Waals surface area contributed by atoms with Crippen LogP contribution in [0.3, 0.4) is 0 Å². The van der Waals surface area contributed by atoms with Crippen LogP contribution in [0.2, 0.25) is 0 Å². The molecule has 1 fully saturated rings. The molecule has 1 aliphatic carbocycles. The first kappa shape index (κ1) is 20.1. The molecule has 2 heteroatoms. The molecule has 28 heavy (non-hydrogen) atoms. The average Bonchev–Trinajstić information content (AvgIpc) is 3.04. The number of carbonyl (C=O) groups excluding carboxylic acids is 1. The molecule has 2 aromatic carbocycles. The number of ketones is 1. The summed E-state index contributed by atoms with van der Waals surface area (Å²) in [5.41, 5.74) is 2.85. The van der Waals surface area contributed by atoms with Gasteiger partial charge in [0.15, 0.2) is 5.78 Å². The van der Waals surface area contributed by atoms with Gasteiger partial charge >= 0.3 is 0 Å². The van der Waals surface area contributed by atoms with Crippen molar-refractivity contribution >= 4 is 17.5 Å². The lowest BCUT2D eigenvalue weighted by Gasteiger charge is -2.23. The molecule has 1 aliphatic rings. The number of hydrogen-bond donors (Lipinski definition) is 0. The van der Waals surface area contributed by atoms with Crippen LogP contribution in [0.25, 0.3) is 6.08 Å². The normalized spacial score (nSPS) is 20.9. The number of rotatable bonds is 8. The van der Waals surface area contributed by atoms with Crippen LogP contribution in [0.1, 0.15) is 51.0 Å². The van der Waals surface area contributed by atoms with Gasteiger partial charge in [-0.2, -0.15) is 0 Å². The molecule has 1 atom stereocenters. The van der Waals surface area contributed by atoms with Gasteiger partial charge in [-0.05, 0) is 37.0 Å². The molecule has 0 radical (unpaired) electrons. The van der Waals surface area contributed by atoms with Crippen molar-refractivity contribution in [2.75, 3.05) is 11.9 Å². The summed E-state index contributed by atoms with van der Waals surface area (Å²) >= 11 is 0. The SMILES string of the molecule is CCCCCC1(C=Cc2ccccc2)CCC(=CN(C)c2ccccc2)C1=O. The molecule has 146 valence electrons. The van der Waals surface area contributed by atoms with E-state index in [0.717, 1.165) is 42.5 Å². The van der Waals surface area contributed by atoms with Crippen molar-refractivity contribution in [3.8, 4) is 0 Å². The minimum atomic E-state index is -0.353. The zero-order valence-electron chi connectivity index (χ0n) is 17.1. The maximum Gasteiger partial charge on any atom is 0.170 e. The number of unbranched alkanes of at least 4 members (excludes halogenated alkanes) is 2. The highest BCUT2D eigenvalue weighted by Gasteiger charge is 2.42. The predicted molar refractivity (Wildman–Crippen MR) is 119 cm³/mol. The number of carbonyl (C=O) groups is 1. The van der Waals surface area contributed by atoms with E-state index in [1.165, 1.54) is 12.8 Å². The van der Waals surface area contributed by atoms with Crippen molar-refractivity contribution in [2.24, 2.45) is 5.41 Å². The molecule has 0 bridgehead atoms. The quantitative estimate of drug-likeness (QED) is 0.381. The van der Waals surface area contributed by atoms with Crippen molar-refractivity contribution < 1.29 is 4.79 Å². The molecular formula is C26H31NO. The molecule has 0 N–H and O–H groups in total. The average molecular weight is 374 g/mol. The zero-order chi connectivity index (χ0) is 19.8. The van der Waals surface area contributed by atoms with Crippen LogP contribution in [0.15, 0.2) is 78.5 Å². The van der Waals surface area contributed by atoms with Crippen LogP contribution < -0.4 is 4.90 Å². The molecule has 1 unspecified atom stereocenters. The Balaban J connectivity index is 1.83. The first-order chi connectivity index (χ1) is 13.6. The third-order valence-electron chi connectivity index (χ3n) is 5.72. The number of para-hydroxylation sites is 1. The van der Waals surface area contributed by atoms with Crippen LogP contribution in [0.5, 0.6) is 0 Å². The summed E-state index contributed by atoms with van der Waals surface area (Å²) in [6, 6.07) is 20.5. The Hall–Kier alpha value is -2.61. The molecule has 2 nitrogen and oxygen atoms in total. The molecule has 0 saturated heterocycles. The third-order valence-corrected chi connectivity index (χ3v) is 5.72. The maximum absolute atomic E-state index is 13.5. The lowest BCUT2D eigenvalue weighted by molar-refractivity contribution is -0.121. The Bertz CT molecular complexity index is 822. The fraction of sp³-hybridized carbons (Fsp3) is 0.346. The van der Waals surface area contributed by atoms with E-state index < -0.39 is 0 Å². The van der Waals surface area contributed by atoms with Gasteiger partial charge < -0.3 is 4.90 Å². The smallest absolute Gasteiger partial charge is 0.170 e. The molecule has 1 saturated carbocycles. The van der Waals surface area contributed by atoms with E-state index in [2.05, 4.69) is 48.2 Å². The van der Waals surface area contributed by atoms with Crippen LogP contribution in [0.4, 0.5) is 5.69 Å². The molecule has 2 aromatic rings. The van der Waals surface area contributed by atoms with Crippen LogP contribution >= 0.6 is 0 Å². The molecule has 0 heterocycles.